The molecule has 11 rings (SSSR count). The molecule has 0 saturated carbocycles. The zero-order chi connectivity index (χ0) is 81.1. The van der Waals surface area contributed by atoms with Crippen molar-refractivity contribution in [2.24, 2.45) is 0 Å². The molecule has 0 aliphatic heterocycles. The number of ketones is 2. The Bertz CT molecular complexity index is 4350. The third-order valence-corrected chi connectivity index (χ3v) is 12.7. The summed E-state index contributed by atoms with van der Waals surface area (Å²) >= 11 is 0. The number of pyridine rings is 6. The summed E-state index contributed by atoms with van der Waals surface area (Å²) in [5, 5.41) is 60.3. The van der Waals surface area contributed by atoms with Gasteiger partial charge in [-0.1, -0.05) is 88.5 Å². The SMILES string of the molecule is CC(=O)C=C(C)O.COc1ccnc(-c2[c-]cc(F)cc2F)c1.O=C(C=C(O)C(F)(F)F)C(F)(F)F.O=C(O)c1ccccn1.OCc1ccnc(-c2[c-]cc(F)cc2F)c1.OCc1ccnc(-c2[c-]cc(F)cc2F)c1.OCc1ccnc(-c2[c-]cc(F)cc2F)c1.OCc1ccnc(-c2[c-]cc(F)cc2F)c1.[Pt+2].[Pt].[Pt].[Pt]. The van der Waals surface area contributed by atoms with Crippen LogP contribution in [-0.2, 0) is 120 Å². The minimum Gasteiger partial charge on any atom is -0.512 e. The van der Waals surface area contributed by atoms with Crippen molar-refractivity contribution >= 4 is 17.5 Å². The number of aliphatic hydroxyl groups is 6. The average molecular weight is 2310 g/mol. The number of aliphatic hydroxyl groups excluding tert-OH is 6. The third-order valence-electron chi connectivity index (χ3n) is 12.7. The molecule has 113 heavy (non-hydrogen) atoms. The van der Waals surface area contributed by atoms with E-state index in [2.05, 4.69) is 60.2 Å². The number of carbonyl (C=O) groups is 3. The number of aromatic carboxylic acids is 1. The number of carbonyl (C=O) groups excluding carboxylic acids is 2. The van der Waals surface area contributed by atoms with E-state index in [-0.39, 0.29) is 156 Å². The van der Waals surface area contributed by atoms with E-state index in [4.69, 9.17) is 40.5 Å². The standard InChI is InChI=1S/5C12H8F2NO.C6H5NO2.C5H2F6O2.C5H8O2.4Pt/c1-16-9-4-5-15-12(7-9)10-3-2-8(13)6-11(10)14;4*13-9-1-2-10(11(14)6-9)12-5-8(7-16)3-4-15-12;8-6(9)5-3-1-2-4-7-5;6-4(7,8)2(12)1-3(13)5(9,10)11;1-4(6)3-5(2)7;;;;/h2,4-7H,1H3;4*1,3-6,16H,7H2;1-4H,(H,8,9);1,12H;3,6H,1-2H3;;;;/q5*-1;;;;;;;+2. The molecule has 610 valence electrons. The Morgan fingerprint density at radius 2 is 0.681 bits per heavy atom. The summed E-state index contributed by atoms with van der Waals surface area (Å²) in [6.07, 6.45) is -1.75. The van der Waals surface area contributed by atoms with E-state index in [1.807, 2.05) is 0 Å². The van der Waals surface area contributed by atoms with Gasteiger partial charge in [-0.25, -0.2) is 9.78 Å². The largest absolute Gasteiger partial charge is 2.00 e. The van der Waals surface area contributed by atoms with E-state index in [0.717, 1.165) is 60.7 Å². The van der Waals surface area contributed by atoms with Gasteiger partial charge in [-0.2, -0.15) is 26.3 Å². The summed E-state index contributed by atoms with van der Waals surface area (Å²) in [5.74, 6) is -12.8. The van der Waals surface area contributed by atoms with E-state index < -0.39 is 94.1 Å². The van der Waals surface area contributed by atoms with E-state index in [1.165, 1.54) is 94.5 Å². The Balaban J connectivity index is 0.00000128. The van der Waals surface area contributed by atoms with Gasteiger partial charge in [0.15, 0.2) is 5.78 Å². The van der Waals surface area contributed by atoms with Gasteiger partial charge in [0.2, 0.25) is 5.76 Å². The molecule has 0 fully saturated rings. The fourth-order valence-electron chi connectivity index (χ4n) is 7.79. The van der Waals surface area contributed by atoms with Crippen LogP contribution in [0.4, 0.5) is 70.2 Å². The van der Waals surface area contributed by atoms with Crippen LogP contribution in [0.2, 0.25) is 0 Å². The average Bonchev–Trinajstić information content (AvgIpc) is 0.857. The van der Waals surface area contributed by atoms with Crippen LogP contribution in [0.1, 0.15) is 46.6 Å². The Labute approximate surface area is 690 Å². The molecule has 0 aliphatic carbocycles. The van der Waals surface area contributed by atoms with Crippen LogP contribution >= 0.6 is 0 Å². The van der Waals surface area contributed by atoms with Crippen molar-refractivity contribution in [3.8, 4) is 62.0 Å². The second-order valence-electron chi connectivity index (χ2n) is 20.9. The van der Waals surface area contributed by atoms with Crippen LogP contribution in [0, 0.1) is 88.5 Å². The number of hydrogen-bond acceptors (Lipinski definition) is 16. The summed E-state index contributed by atoms with van der Waals surface area (Å²) in [6.45, 7) is 2.23. The molecule has 7 N–H and O–H groups in total. The zero-order valence-corrected chi connectivity index (χ0v) is 66.6. The predicted molar refractivity (Wildman–Crippen MR) is 358 cm³/mol. The maximum atomic E-state index is 13.4. The summed E-state index contributed by atoms with van der Waals surface area (Å²) in [6, 6.07) is 42.1. The number of benzene rings is 5. The Kier molecular flexibility index (Phi) is 47.2. The zero-order valence-electron chi connectivity index (χ0n) is 57.5. The normalized spacial score (nSPS) is 10.4. The first-order valence-electron chi connectivity index (χ1n) is 30.2. The van der Waals surface area contributed by atoms with E-state index in [0.29, 0.717) is 56.5 Å². The molecule has 6 aromatic heterocycles. The quantitative estimate of drug-likeness (QED) is 0.0244. The maximum Gasteiger partial charge on any atom is 2.00 e. The van der Waals surface area contributed by atoms with Crippen molar-refractivity contribution in [3.05, 3.63) is 317 Å². The first-order chi connectivity index (χ1) is 51.5. The smallest absolute Gasteiger partial charge is 0.512 e. The molecule has 11 aromatic rings. The summed E-state index contributed by atoms with van der Waals surface area (Å²) in [4.78, 5) is 53.3. The summed E-state index contributed by atoms with van der Waals surface area (Å²) in [5.41, 5.74) is 4.69. The third kappa shape index (κ3) is 36.7. The van der Waals surface area contributed by atoms with Gasteiger partial charge in [0.25, 0.3) is 5.78 Å². The number of rotatable bonds is 13. The number of ether oxygens (including phenoxy) is 1. The molecule has 0 unspecified atom stereocenters. The van der Waals surface area contributed by atoms with Crippen molar-refractivity contribution in [1.29, 1.82) is 0 Å². The number of alkyl halides is 6. The van der Waals surface area contributed by atoms with Gasteiger partial charge in [-0.15, -0.1) is 60.7 Å². The Morgan fingerprint density at radius 1 is 0.398 bits per heavy atom. The molecule has 0 radical (unpaired) electrons. The molecule has 6 heterocycles. The van der Waals surface area contributed by atoms with Gasteiger partial charge in [-0.3, -0.25) is 53.5 Å². The number of carboxylic acids is 1. The van der Waals surface area contributed by atoms with Crippen LogP contribution in [0.25, 0.3) is 56.3 Å². The number of carboxylic acid groups (broad SMARTS) is 1. The topological polar surface area (TPSA) is 279 Å². The number of halogens is 16. The molecule has 0 bridgehead atoms. The van der Waals surface area contributed by atoms with Crippen LogP contribution in [0.3, 0.4) is 0 Å². The number of nitrogens with zero attached hydrogens (tertiary/aromatic N) is 6. The molecule has 0 amide bonds. The molecular formula is C76H55F16N6O11Pt4-3. The molecule has 0 saturated heterocycles. The fourth-order valence-corrected chi connectivity index (χ4v) is 7.79. The van der Waals surface area contributed by atoms with Crippen molar-refractivity contribution < 1.29 is 209 Å². The predicted octanol–water partition coefficient (Wildman–Crippen LogP) is 16.0. The van der Waals surface area contributed by atoms with Gasteiger partial charge in [0.1, 0.15) is 11.4 Å². The fraction of sp³-hybridized carbons (Fsp3) is 0.118. The molecule has 0 atom stereocenters. The van der Waals surface area contributed by atoms with Crippen molar-refractivity contribution in [2.75, 3.05) is 7.11 Å². The van der Waals surface area contributed by atoms with Gasteiger partial charge < -0.3 is 65.4 Å². The van der Waals surface area contributed by atoms with Crippen LogP contribution in [-0.4, -0.2) is 103 Å². The van der Waals surface area contributed by atoms with E-state index >= 15 is 0 Å². The van der Waals surface area contributed by atoms with Crippen molar-refractivity contribution in [1.82, 2.24) is 29.9 Å². The molecule has 0 aliphatic rings. The minimum atomic E-state index is -5.42. The number of aromatic nitrogens is 6. The van der Waals surface area contributed by atoms with Crippen LogP contribution < -0.4 is 4.74 Å². The van der Waals surface area contributed by atoms with Crippen LogP contribution in [0.15, 0.2) is 200 Å². The first kappa shape index (κ1) is 103. The maximum absolute atomic E-state index is 13.4. The number of hydrogen-bond donors (Lipinski definition) is 7. The molecule has 0 spiro atoms. The van der Waals surface area contributed by atoms with E-state index in [1.54, 1.807) is 48.5 Å². The van der Waals surface area contributed by atoms with Crippen molar-refractivity contribution in [3.63, 3.8) is 0 Å². The Morgan fingerprint density at radius 3 is 0.876 bits per heavy atom. The summed E-state index contributed by atoms with van der Waals surface area (Å²) in [7, 11) is 1.50. The Hall–Kier alpha value is -9.84. The molecule has 37 heteroatoms. The molecule has 5 aromatic carbocycles. The monoisotopic (exact) mass is 2310 g/mol. The first-order valence-corrected chi connectivity index (χ1v) is 30.2. The minimum absolute atomic E-state index is 0. The van der Waals surface area contributed by atoms with Gasteiger partial charge >= 0.3 is 39.4 Å². The van der Waals surface area contributed by atoms with Crippen LogP contribution in [0.5, 0.6) is 5.75 Å². The molecule has 17 nitrogen and oxygen atoms in total. The molecular weight excluding hydrogens is 2260 g/mol. The second kappa shape index (κ2) is 51.7. The number of methoxy groups -OCH3 is 1. The van der Waals surface area contributed by atoms with Gasteiger partial charge in [0.05, 0.1) is 39.3 Å². The second-order valence-corrected chi connectivity index (χ2v) is 20.9. The van der Waals surface area contributed by atoms with Gasteiger partial charge in [-0.05, 0) is 113 Å². The number of allylic oxidation sites excluding steroid dienone is 4. The van der Waals surface area contributed by atoms with Gasteiger partial charge in [0, 0.05) is 171 Å². The van der Waals surface area contributed by atoms with E-state index in [9.17, 15) is 84.6 Å². The van der Waals surface area contributed by atoms with Crippen molar-refractivity contribution in [2.45, 2.75) is 52.6 Å². The summed E-state index contributed by atoms with van der Waals surface area (Å²) < 4.78 is 203.